The van der Waals surface area contributed by atoms with Crippen molar-refractivity contribution < 1.29 is 9.59 Å². The van der Waals surface area contributed by atoms with Gasteiger partial charge in [-0.1, -0.05) is 0 Å². The van der Waals surface area contributed by atoms with Crippen LogP contribution in [0.4, 0.5) is 0 Å². The smallest absolute Gasteiger partial charge is 0.215 e. The van der Waals surface area contributed by atoms with Gasteiger partial charge in [-0.2, -0.15) is 0 Å². The number of ketones is 2. The average molecular weight is 224 g/mol. The number of rotatable bonds is 1. The third-order valence-electron chi connectivity index (χ3n) is 2.82. The van der Waals surface area contributed by atoms with Gasteiger partial charge in [0.05, 0.1) is 11.1 Å². The summed E-state index contributed by atoms with van der Waals surface area (Å²) in [5.74, 6) is -0.556. The maximum Gasteiger partial charge on any atom is 0.215 e. The Hall–Kier alpha value is -2.36. The Morgan fingerprint density at radius 1 is 1.18 bits per heavy atom. The van der Waals surface area contributed by atoms with Crippen molar-refractivity contribution in [3.63, 3.8) is 0 Å². The van der Waals surface area contributed by atoms with E-state index in [4.69, 9.17) is 0 Å². The molecule has 2 aromatic rings. The van der Waals surface area contributed by atoms with Gasteiger partial charge in [0.1, 0.15) is 5.69 Å². The lowest BCUT2D eigenvalue weighted by molar-refractivity contribution is -0.113. The predicted molar refractivity (Wildman–Crippen MR) is 62.5 cm³/mol. The second-order valence-corrected chi connectivity index (χ2v) is 3.90. The molecular formula is C13H8N2O2. The van der Waals surface area contributed by atoms with Crippen molar-refractivity contribution in [3.8, 4) is 0 Å². The topological polar surface area (TPSA) is 59.9 Å². The van der Waals surface area contributed by atoms with Gasteiger partial charge in [0, 0.05) is 17.8 Å². The maximum absolute atomic E-state index is 12.1. The Labute approximate surface area is 97.0 Å². The van der Waals surface area contributed by atoms with Crippen molar-refractivity contribution in [2.75, 3.05) is 0 Å². The lowest BCUT2D eigenvalue weighted by atomic mass is 9.92. The Morgan fingerprint density at radius 2 is 1.94 bits per heavy atom. The van der Waals surface area contributed by atoms with E-state index in [1.807, 2.05) is 0 Å². The quantitative estimate of drug-likeness (QED) is 0.693. The van der Waals surface area contributed by atoms with Crippen LogP contribution in [0.5, 0.6) is 0 Å². The molecule has 2 heterocycles. The third-order valence-corrected chi connectivity index (χ3v) is 2.82. The van der Waals surface area contributed by atoms with E-state index in [1.54, 1.807) is 24.4 Å². The van der Waals surface area contributed by atoms with Crippen molar-refractivity contribution in [2.45, 2.75) is 6.92 Å². The summed E-state index contributed by atoms with van der Waals surface area (Å²) in [6.07, 6.45) is 4.81. The van der Waals surface area contributed by atoms with Gasteiger partial charge in [-0.05, 0) is 30.7 Å². The highest BCUT2D eigenvalue weighted by Crippen LogP contribution is 2.28. The Balaban J connectivity index is 2.45. The van der Waals surface area contributed by atoms with E-state index in [0.717, 1.165) is 16.5 Å². The minimum atomic E-state index is -0.316. The first-order valence-corrected chi connectivity index (χ1v) is 5.19. The molecule has 0 N–H and O–H groups in total. The molecule has 1 aliphatic carbocycles. The summed E-state index contributed by atoms with van der Waals surface area (Å²) in [7, 11) is 0. The summed E-state index contributed by atoms with van der Waals surface area (Å²) >= 11 is 0. The van der Waals surface area contributed by atoms with Crippen LogP contribution in [0.2, 0.25) is 0 Å². The molecule has 0 saturated heterocycles. The number of allylic oxidation sites excluding steroid dienone is 1. The molecule has 0 fully saturated rings. The van der Waals surface area contributed by atoms with Crippen molar-refractivity contribution in [1.29, 1.82) is 0 Å². The fourth-order valence-electron chi connectivity index (χ4n) is 2.03. The van der Waals surface area contributed by atoms with Gasteiger partial charge in [-0.3, -0.25) is 19.6 Å². The predicted octanol–water partition coefficient (Wildman–Crippen LogP) is 1.80. The summed E-state index contributed by atoms with van der Waals surface area (Å²) in [4.78, 5) is 31.7. The van der Waals surface area contributed by atoms with Gasteiger partial charge in [-0.25, -0.2) is 0 Å². The van der Waals surface area contributed by atoms with E-state index in [0.29, 0.717) is 5.69 Å². The lowest BCUT2D eigenvalue weighted by Gasteiger charge is -2.13. The first-order chi connectivity index (χ1) is 8.18. The number of hydrogen-bond donors (Lipinski definition) is 0. The highest BCUT2D eigenvalue weighted by molar-refractivity contribution is 6.33. The molecule has 4 nitrogen and oxygen atoms in total. The second kappa shape index (κ2) is 3.31. The molecule has 1 aliphatic rings. The SMILES string of the molecule is CC(=O)C1=Cc2ccnc3ccnc(c23)C1=O. The van der Waals surface area contributed by atoms with Crippen LogP contribution in [0, 0.1) is 0 Å². The van der Waals surface area contributed by atoms with Crippen LogP contribution in [0.15, 0.2) is 30.1 Å². The van der Waals surface area contributed by atoms with E-state index in [2.05, 4.69) is 9.97 Å². The van der Waals surface area contributed by atoms with Crippen LogP contribution in [-0.2, 0) is 4.79 Å². The number of aromatic nitrogens is 2. The number of pyridine rings is 2. The van der Waals surface area contributed by atoms with Crippen LogP contribution in [-0.4, -0.2) is 21.5 Å². The number of carbonyl (C=O) groups is 2. The highest BCUT2D eigenvalue weighted by atomic mass is 16.1. The fraction of sp³-hybridized carbons (Fsp3) is 0.0769. The van der Waals surface area contributed by atoms with E-state index in [9.17, 15) is 9.59 Å². The van der Waals surface area contributed by atoms with Gasteiger partial charge in [-0.15, -0.1) is 0 Å². The molecule has 0 saturated carbocycles. The molecular weight excluding hydrogens is 216 g/mol. The second-order valence-electron chi connectivity index (χ2n) is 3.90. The number of carbonyl (C=O) groups excluding carboxylic acids is 2. The molecule has 0 atom stereocenters. The molecule has 17 heavy (non-hydrogen) atoms. The Bertz CT molecular complexity index is 696. The minimum absolute atomic E-state index is 0.184. The van der Waals surface area contributed by atoms with Crippen molar-refractivity contribution in [3.05, 3.63) is 41.4 Å². The van der Waals surface area contributed by atoms with Gasteiger partial charge >= 0.3 is 0 Å². The molecule has 0 bridgehead atoms. The molecule has 0 spiro atoms. The number of Topliss-reactive ketones (excluding diaryl/α,β-unsaturated/α-hetero) is 2. The van der Waals surface area contributed by atoms with E-state index >= 15 is 0 Å². The van der Waals surface area contributed by atoms with E-state index < -0.39 is 0 Å². The summed E-state index contributed by atoms with van der Waals surface area (Å²) < 4.78 is 0. The summed E-state index contributed by atoms with van der Waals surface area (Å²) in [5.41, 5.74) is 2.05. The van der Waals surface area contributed by atoms with Gasteiger partial charge in [0.25, 0.3) is 0 Å². The first kappa shape index (κ1) is 9.84. The van der Waals surface area contributed by atoms with Crippen LogP contribution >= 0.6 is 0 Å². The Kier molecular flexibility index (Phi) is 1.92. The van der Waals surface area contributed by atoms with Crippen LogP contribution in [0.3, 0.4) is 0 Å². The van der Waals surface area contributed by atoms with Gasteiger partial charge < -0.3 is 0 Å². The highest BCUT2D eigenvalue weighted by Gasteiger charge is 2.25. The van der Waals surface area contributed by atoms with Crippen LogP contribution in [0.1, 0.15) is 23.0 Å². The largest absolute Gasteiger partial charge is 0.294 e. The molecule has 3 rings (SSSR count). The summed E-state index contributed by atoms with van der Waals surface area (Å²) in [6, 6.07) is 3.53. The van der Waals surface area contributed by atoms with Crippen molar-refractivity contribution in [2.24, 2.45) is 0 Å². The summed E-state index contributed by atoms with van der Waals surface area (Å²) in [6.45, 7) is 1.38. The molecule has 2 aromatic heterocycles. The van der Waals surface area contributed by atoms with Gasteiger partial charge in [0.15, 0.2) is 5.78 Å². The van der Waals surface area contributed by atoms with Crippen LogP contribution < -0.4 is 0 Å². The number of nitrogens with zero attached hydrogens (tertiary/aromatic N) is 2. The molecule has 82 valence electrons. The van der Waals surface area contributed by atoms with Gasteiger partial charge in [0.2, 0.25) is 5.78 Å². The zero-order valence-corrected chi connectivity index (χ0v) is 9.10. The molecule has 0 radical (unpaired) electrons. The third kappa shape index (κ3) is 1.30. The van der Waals surface area contributed by atoms with Crippen molar-refractivity contribution in [1.82, 2.24) is 9.97 Å². The Morgan fingerprint density at radius 3 is 2.71 bits per heavy atom. The van der Waals surface area contributed by atoms with E-state index in [-0.39, 0.29) is 17.1 Å². The van der Waals surface area contributed by atoms with Crippen LogP contribution in [0.25, 0.3) is 17.0 Å². The van der Waals surface area contributed by atoms with Crippen molar-refractivity contribution >= 4 is 28.5 Å². The first-order valence-electron chi connectivity index (χ1n) is 5.19. The standard InChI is InChI=1S/C13H8N2O2/c1-7(16)9-6-8-2-4-14-10-3-5-15-12(11(8)10)13(9)17/h2-6H,1H3. The molecule has 0 amide bonds. The summed E-state index contributed by atoms with van der Waals surface area (Å²) in [5, 5.41) is 0.727. The minimum Gasteiger partial charge on any atom is -0.294 e. The number of hydrogen-bond acceptors (Lipinski definition) is 4. The maximum atomic E-state index is 12.1. The monoisotopic (exact) mass is 224 g/mol. The fourth-order valence-corrected chi connectivity index (χ4v) is 2.03. The molecule has 0 aromatic carbocycles. The zero-order valence-electron chi connectivity index (χ0n) is 9.10. The molecule has 0 unspecified atom stereocenters. The van der Waals surface area contributed by atoms with E-state index in [1.165, 1.54) is 13.1 Å². The lowest BCUT2D eigenvalue weighted by Crippen LogP contribution is -2.16. The zero-order chi connectivity index (χ0) is 12.0. The average Bonchev–Trinajstić information content (AvgIpc) is 2.33. The molecule has 0 aliphatic heterocycles. The molecule has 4 heteroatoms. The normalized spacial score (nSPS) is 13.7.